The predicted octanol–water partition coefficient (Wildman–Crippen LogP) is 1.53. The second kappa shape index (κ2) is 2.07. The first kappa shape index (κ1) is 7.29. The van der Waals surface area contributed by atoms with Gasteiger partial charge in [0.05, 0.1) is 11.7 Å². The number of ether oxygens (including phenoxy) is 1. The third kappa shape index (κ3) is 1.09. The van der Waals surface area contributed by atoms with Crippen molar-refractivity contribution >= 4 is 5.78 Å². The van der Waals surface area contributed by atoms with E-state index >= 15 is 0 Å². The van der Waals surface area contributed by atoms with Gasteiger partial charge in [-0.1, -0.05) is 0 Å². The second-order valence-corrected chi connectivity index (χ2v) is 4.00. The maximum atomic E-state index is 11.0. The summed E-state index contributed by atoms with van der Waals surface area (Å²) in [6.07, 6.45) is 3.46. The van der Waals surface area contributed by atoms with Crippen molar-refractivity contribution in [3.8, 4) is 0 Å². The topological polar surface area (TPSA) is 29.6 Å². The fourth-order valence-electron chi connectivity index (χ4n) is 2.01. The van der Waals surface area contributed by atoms with Gasteiger partial charge in [-0.25, -0.2) is 0 Å². The molecule has 1 saturated heterocycles. The van der Waals surface area contributed by atoms with Gasteiger partial charge in [-0.2, -0.15) is 0 Å². The van der Waals surface area contributed by atoms with Gasteiger partial charge in [0.15, 0.2) is 0 Å². The van der Waals surface area contributed by atoms with Crippen molar-refractivity contribution in [1.29, 1.82) is 0 Å². The first-order valence-electron chi connectivity index (χ1n) is 4.30. The highest BCUT2D eigenvalue weighted by Crippen LogP contribution is 2.49. The Morgan fingerprint density at radius 3 is 2.91 bits per heavy atom. The highest BCUT2D eigenvalue weighted by atomic mass is 16.6. The Bertz CT molecular complexity index is 200. The normalized spacial score (nSPS) is 48.2. The van der Waals surface area contributed by atoms with E-state index in [-0.39, 0.29) is 11.5 Å². The minimum absolute atomic E-state index is 0.159. The Labute approximate surface area is 66.9 Å². The number of Topliss-reactive ketones (excluding diaryl/α,β-unsaturated/α-hetero) is 1. The van der Waals surface area contributed by atoms with Gasteiger partial charge in [-0.15, -0.1) is 0 Å². The molecule has 1 aliphatic carbocycles. The Morgan fingerprint density at radius 2 is 2.36 bits per heavy atom. The summed E-state index contributed by atoms with van der Waals surface area (Å²) in [4.78, 5) is 11.0. The van der Waals surface area contributed by atoms with Gasteiger partial charge in [0.2, 0.25) is 0 Å². The van der Waals surface area contributed by atoms with Crippen LogP contribution in [0.4, 0.5) is 0 Å². The highest BCUT2D eigenvalue weighted by molar-refractivity contribution is 5.78. The summed E-state index contributed by atoms with van der Waals surface area (Å²) >= 11 is 0. The van der Waals surface area contributed by atoms with Crippen LogP contribution in [0.15, 0.2) is 0 Å². The number of hydrogen-bond donors (Lipinski definition) is 0. The maximum Gasteiger partial charge on any atom is 0.133 e. The molecule has 2 nitrogen and oxygen atoms in total. The minimum atomic E-state index is 0.159. The van der Waals surface area contributed by atoms with Crippen molar-refractivity contribution < 1.29 is 9.53 Å². The lowest BCUT2D eigenvalue weighted by molar-refractivity contribution is -0.121. The molecule has 0 amide bonds. The number of fused-ring (bicyclic) bond motifs is 1. The Balaban J connectivity index is 1.98. The van der Waals surface area contributed by atoms with Gasteiger partial charge in [0, 0.05) is 5.92 Å². The number of carbonyl (C=O) groups is 1. The molecule has 11 heavy (non-hydrogen) atoms. The molecule has 62 valence electrons. The number of hydrogen-bond acceptors (Lipinski definition) is 2. The zero-order valence-electron chi connectivity index (χ0n) is 7.09. The molecule has 0 radical (unpaired) electrons. The standard InChI is InChI=1S/C9H14O2/c1-6(10)7-3-4-9(2)8(5-7)11-9/h7-8H,3-5H2,1-2H3/t7?,8?,9-/m1/s1. The molecule has 3 atom stereocenters. The monoisotopic (exact) mass is 154 g/mol. The number of epoxide rings is 1. The van der Waals surface area contributed by atoms with Crippen molar-refractivity contribution in [2.75, 3.05) is 0 Å². The summed E-state index contributed by atoms with van der Waals surface area (Å²) < 4.78 is 5.49. The van der Waals surface area contributed by atoms with Gasteiger partial charge in [-0.3, -0.25) is 4.79 Å². The molecule has 2 rings (SSSR count). The Kier molecular flexibility index (Phi) is 1.37. The van der Waals surface area contributed by atoms with E-state index in [2.05, 4.69) is 6.92 Å². The third-order valence-electron chi connectivity index (χ3n) is 3.10. The van der Waals surface area contributed by atoms with Gasteiger partial charge in [0.1, 0.15) is 5.78 Å². The van der Waals surface area contributed by atoms with Crippen molar-refractivity contribution in [2.24, 2.45) is 5.92 Å². The largest absolute Gasteiger partial charge is 0.366 e. The fourth-order valence-corrected chi connectivity index (χ4v) is 2.01. The smallest absolute Gasteiger partial charge is 0.133 e. The van der Waals surface area contributed by atoms with Crippen LogP contribution in [-0.4, -0.2) is 17.5 Å². The van der Waals surface area contributed by atoms with Crippen LogP contribution in [0.1, 0.15) is 33.1 Å². The van der Waals surface area contributed by atoms with Crippen LogP contribution in [-0.2, 0) is 9.53 Å². The summed E-state index contributed by atoms with van der Waals surface area (Å²) in [6, 6.07) is 0. The summed E-state index contributed by atoms with van der Waals surface area (Å²) in [6.45, 7) is 3.84. The van der Waals surface area contributed by atoms with E-state index in [1.54, 1.807) is 6.92 Å². The zero-order valence-corrected chi connectivity index (χ0v) is 7.09. The molecule has 0 aromatic heterocycles. The van der Waals surface area contributed by atoms with E-state index in [4.69, 9.17) is 4.74 Å². The van der Waals surface area contributed by atoms with Crippen molar-refractivity contribution in [1.82, 2.24) is 0 Å². The molecule has 2 aliphatic rings. The van der Waals surface area contributed by atoms with Crippen LogP contribution < -0.4 is 0 Å². The molecule has 0 aromatic carbocycles. The Hall–Kier alpha value is -0.370. The summed E-state index contributed by atoms with van der Waals surface area (Å²) in [7, 11) is 0. The molecule has 2 fully saturated rings. The lowest BCUT2D eigenvalue weighted by Crippen LogP contribution is -2.25. The predicted molar refractivity (Wildman–Crippen MR) is 41.3 cm³/mol. The molecule has 2 heteroatoms. The van der Waals surface area contributed by atoms with Gasteiger partial charge in [-0.05, 0) is 33.1 Å². The summed E-state index contributed by atoms with van der Waals surface area (Å²) in [5.74, 6) is 0.623. The molecular weight excluding hydrogens is 140 g/mol. The zero-order chi connectivity index (χ0) is 8.06. The van der Waals surface area contributed by atoms with E-state index in [0.29, 0.717) is 11.9 Å². The van der Waals surface area contributed by atoms with E-state index in [0.717, 1.165) is 19.3 Å². The van der Waals surface area contributed by atoms with Crippen LogP contribution in [0.3, 0.4) is 0 Å². The van der Waals surface area contributed by atoms with Crippen LogP contribution in [0, 0.1) is 5.92 Å². The summed E-state index contributed by atoms with van der Waals surface area (Å²) in [5.41, 5.74) is 0.159. The van der Waals surface area contributed by atoms with Gasteiger partial charge >= 0.3 is 0 Å². The highest BCUT2D eigenvalue weighted by Gasteiger charge is 2.55. The number of ketones is 1. The molecule has 1 saturated carbocycles. The minimum Gasteiger partial charge on any atom is -0.366 e. The average Bonchev–Trinajstić information content (AvgIpc) is 2.58. The van der Waals surface area contributed by atoms with Crippen LogP contribution in [0.25, 0.3) is 0 Å². The molecular formula is C9H14O2. The second-order valence-electron chi connectivity index (χ2n) is 4.00. The maximum absolute atomic E-state index is 11.0. The lowest BCUT2D eigenvalue weighted by atomic mass is 9.81. The molecule has 0 N–H and O–H groups in total. The van der Waals surface area contributed by atoms with E-state index < -0.39 is 0 Å². The first-order chi connectivity index (χ1) is 5.12. The van der Waals surface area contributed by atoms with Crippen molar-refractivity contribution in [3.63, 3.8) is 0 Å². The fraction of sp³-hybridized carbons (Fsp3) is 0.889. The van der Waals surface area contributed by atoms with Crippen molar-refractivity contribution in [3.05, 3.63) is 0 Å². The molecule has 0 bridgehead atoms. The third-order valence-corrected chi connectivity index (χ3v) is 3.10. The van der Waals surface area contributed by atoms with E-state index in [9.17, 15) is 4.79 Å². The number of rotatable bonds is 1. The summed E-state index contributed by atoms with van der Waals surface area (Å²) in [5, 5.41) is 0. The van der Waals surface area contributed by atoms with E-state index in [1.165, 1.54) is 0 Å². The Morgan fingerprint density at radius 1 is 1.64 bits per heavy atom. The van der Waals surface area contributed by atoms with Gasteiger partial charge < -0.3 is 4.74 Å². The first-order valence-corrected chi connectivity index (χ1v) is 4.30. The molecule has 1 aliphatic heterocycles. The van der Waals surface area contributed by atoms with E-state index in [1.807, 2.05) is 0 Å². The van der Waals surface area contributed by atoms with Crippen molar-refractivity contribution in [2.45, 2.75) is 44.8 Å². The molecule has 2 unspecified atom stereocenters. The molecule has 1 heterocycles. The molecule has 0 aromatic rings. The van der Waals surface area contributed by atoms with Crippen LogP contribution >= 0.6 is 0 Å². The average molecular weight is 154 g/mol. The van der Waals surface area contributed by atoms with Crippen LogP contribution in [0.5, 0.6) is 0 Å². The van der Waals surface area contributed by atoms with Gasteiger partial charge in [0.25, 0.3) is 0 Å². The quantitative estimate of drug-likeness (QED) is 0.536. The lowest BCUT2D eigenvalue weighted by Gasteiger charge is -2.19. The van der Waals surface area contributed by atoms with Crippen LogP contribution in [0.2, 0.25) is 0 Å². The molecule has 0 spiro atoms. The SMILES string of the molecule is CC(=O)C1CC[C@@]2(C)OC2C1. The number of carbonyl (C=O) groups excluding carboxylic acids is 1.